The number of rotatable bonds is 8. The Bertz CT molecular complexity index is 1420. The Balaban J connectivity index is 1.50. The van der Waals surface area contributed by atoms with E-state index in [9.17, 15) is 18.0 Å². The minimum absolute atomic E-state index is 0.0435. The first-order chi connectivity index (χ1) is 16.7. The van der Waals surface area contributed by atoms with Crippen molar-refractivity contribution in [3.8, 4) is 5.75 Å². The summed E-state index contributed by atoms with van der Waals surface area (Å²) in [7, 11) is -3.94. The summed E-state index contributed by atoms with van der Waals surface area (Å²) in [4.78, 5) is 34.4. The van der Waals surface area contributed by atoms with E-state index in [1.807, 2.05) is 6.92 Å². The van der Waals surface area contributed by atoms with Gasteiger partial charge >= 0.3 is 0 Å². The molecule has 1 aliphatic heterocycles. The lowest BCUT2D eigenvalue weighted by Crippen LogP contribution is -2.32. The minimum atomic E-state index is -3.94. The van der Waals surface area contributed by atoms with Crippen molar-refractivity contribution >= 4 is 50.8 Å². The van der Waals surface area contributed by atoms with Crippen LogP contribution in [0.2, 0.25) is 0 Å². The molecule has 0 radical (unpaired) electrons. The van der Waals surface area contributed by atoms with E-state index in [-0.39, 0.29) is 21.6 Å². The third-order valence-corrected chi connectivity index (χ3v) is 6.58. The van der Waals surface area contributed by atoms with Crippen molar-refractivity contribution in [1.82, 2.24) is 9.97 Å². The first-order valence-electron chi connectivity index (χ1n) is 10.4. The molecule has 0 fully saturated rings. The molecular weight excluding hydrogens is 494 g/mol. The van der Waals surface area contributed by atoms with Gasteiger partial charge in [0, 0.05) is 17.6 Å². The molecule has 0 bridgehead atoms. The number of hydrogen-bond acceptors (Lipinski definition) is 8. The highest BCUT2D eigenvalue weighted by Crippen LogP contribution is 2.31. The maximum Gasteiger partial charge on any atom is 0.283 e. The minimum Gasteiger partial charge on any atom is -0.494 e. The average Bonchev–Trinajstić information content (AvgIpc) is 3.03. The zero-order valence-corrected chi connectivity index (χ0v) is 20.2. The lowest BCUT2D eigenvalue weighted by Gasteiger charge is -2.15. The van der Waals surface area contributed by atoms with Gasteiger partial charge in [0.2, 0.25) is 5.95 Å². The van der Waals surface area contributed by atoms with Crippen molar-refractivity contribution in [3.63, 3.8) is 0 Å². The molecule has 2 amide bonds. The van der Waals surface area contributed by atoms with Crippen LogP contribution >= 0.6 is 11.6 Å². The van der Waals surface area contributed by atoms with E-state index in [1.54, 1.807) is 37.3 Å². The first-order valence-corrected chi connectivity index (χ1v) is 12.3. The molecule has 3 aromatic rings. The van der Waals surface area contributed by atoms with Crippen LogP contribution in [0.4, 0.5) is 17.3 Å². The van der Waals surface area contributed by atoms with Crippen LogP contribution in [0.3, 0.4) is 0 Å². The maximum absolute atomic E-state index is 12.9. The molecule has 2 aromatic carbocycles. The lowest BCUT2D eigenvalue weighted by atomic mass is 10.2. The van der Waals surface area contributed by atoms with Crippen LogP contribution in [-0.4, -0.2) is 36.8 Å². The van der Waals surface area contributed by atoms with Crippen molar-refractivity contribution in [2.75, 3.05) is 21.5 Å². The number of carbonyl (C=O) groups excluding carboxylic acids is 2. The standard InChI is InChI=1S/C23H20ClN5O5S/c1-3-34-17-8-6-16(7-9-17)29-21(30)19(24)20(22(29)31)27-15-4-10-18(11-5-15)35(32,33)28-23-25-13-12-14(2)26-23/h4-13,27H,3H2,1-2H3,(H,25,26,28). The number of carbonyl (C=O) groups is 2. The maximum atomic E-state index is 12.9. The first kappa shape index (κ1) is 24.2. The molecule has 0 aliphatic carbocycles. The van der Waals surface area contributed by atoms with Crippen molar-refractivity contribution in [3.05, 3.63) is 77.2 Å². The van der Waals surface area contributed by atoms with E-state index in [0.717, 1.165) is 4.90 Å². The number of aromatic nitrogens is 2. The lowest BCUT2D eigenvalue weighted by molar-refractivity contribution is -0.120. The summed E-state index contributed by atoms with van der Waals surface area (Å²) in [6.07, 6.45) is 1.45. The number of sulfonamides is 1. The van der Waals surface area contributed by atoms with Crippen LogP contribution in [0.25, 0.3) is 0 Å². The molecule has 10 nitrogen and oxygen atoms in total. The fraction of sp³-hybridized carbons (Fsp3) is 0.130. The van der Waals surface area contributed by atoms with Gasteiger partial charge in [-0.05, 0) is 68.4 Å². The Morgan fingerprint density at radius 3 is 2.31 bits per heavy atom. The van der Waals surface area contributed by atoms with Crippen molar-refractivity contribution in [1.29, 1.82) is 0 Å². The van der Waals surface area contributed by atoms with Crippen molar-refractivity contribution in [2.45, 2.75) is 18.7 Å². The number of halogens is 1. The van der Waals surface area contributed by atoms with Gasteiger partial charge in [0.1, 0.15) is 16.5 Å². The summed E-state index contributed by atoms with van der Waals surface area (Å²) in [6.45, 7) is 4.05. The zero-order valence-electron chi connectivity index (χ0n) is 18.6. The van der Waals surface area contributed by atoms with E-state index in [0.29, 0.717) is 29.4 Å². The summed E-state index contributed by atoms with van der Waals surface area (Å²) >= 11 is 6.17. The smallest absolute Gasteiger partial charge is 0.283 e. The quantitative estimate of drug-likeness (QED) is 0.438. The molecule has 0 saturated carbocycles. The number of amides is 2. The molecule has 2 N–H and O–H groups in total. The largest absolute Gasteiger partial charge is 0.494 e. The highest BCUT2D eigenvalue weighted by molar-refractivity contribution is 7.92. The molecule has 12 heteroatoms. The SMILES string of the molecule is CCOc1ccc(N2C(=O)C(Cl)=C(Nc3ccc(S(=O)(=O)Nc4nccc(C)n4)cc3)C2=O)cc1. The van der Waals surface area contributed by atoms with Gasteiger partial charge in [-0.3, -0.25) is 9.59 Å². The van der Waals surface area contributed by atoms with Crippen LogP contribution in [0.15, 0.2) is 76.4 Å². The fourth-order valence-corrected chi connectivity index (χ4v) is 4.41. The average molecular weight is 514 g/mol. The predicted molar refractivity (Wildman–Crippen MR) is 131 cm³/mol. The number of aryl methyl sites for hydroxylation is 1. The molecule has 2 heterocycles. The number of nitrogens with one attached hydrogen (secondary N) is 2. The normalized spacial score (nSPS) is 13.9. The second-order valence-electron chi connectivity index (χ2n) is 7.34. The zero-order chi connectivity index (χ0) is 25.2. The molecule has 35 heavy (non-hydrogen) atoms. The van der Waals surface area contributed by atoms with Crippen LogP contribution in [0.1, 0.15) is 12.6 Å². The Morgan fingerprint density at radius 2 is 1.69 bits per heavy atom. The highest BCUT2D eigenvalue weighted by Gasteiger charge is 2.39. The predicted octanol–water partition coefficient (Wildman–Crippen LogP) is 3.42. The second-order valence-corrected chi connectivity index (χ2v) is 9.40. The summed E-state index contributed by atoms with van der Waals surface area (Å²) in [5.74, 6) is -0.760. The van der Waals surface area contributed by atoms with Crippen molar-refractivity contribution in [2.24, 2.45) is 0 Å². The Hall–Kier alpha value is -3.96. The van der Waals surface area contributed by atoms with Crippen LogP contribution < -0.4 is 19.7 Å². The van der Waals surface area contributed by atoms with Gasteiger partial charge in [-0.1, -0.05) is 11.6 Å². The van der Waals surface area contributed by atoms with E-state index in [1.165, 1.54) is 30.5 Å². The van der Waals surface area contributed by atoms with E-state index < -0.39 is 21.8 Å². The fourth-order valence-electron chi connectivity index (χ4n) is 3.24. The number of nitrogens with zero attached hydrogens (tertiary/aromatic N) is 3. The molecule has 0 unspecified atom stereocenters. The third kappa shape index (κ3) is 5.10. The summed E-state index contributed by atoms with van der Waals surface area (Å²) < 4.78 is 32.9. The number of imide groups is 1. The van der Waals surface area contributed by atoms with Gasteiger partial charge in [-0.15, -0.1) is 0 Å². The van der Waals surface area contributed by atoms with Crippen LogP contribution in [0.5, 0.6) is 5.75 Å². The number of ether oxygens (including phenoxy) is 1. The molecule has 0 spiro atoms. The molecule has 0 saturated heterocycles. The number of anilines is 3. The van der Waals surface area contributed by atoms with Crippen LogP contribution in [0, 0.1) is 6.92 Å². The van der Waals surface area contributed by atoms with Gasteiger partial charge < -0.3 is 10.1 Å². The van der Waals surface area contributed by atoms with Gasteiger partial charge in [-0.25, -0.2) is 28.0 Å². The van der Waals surface area contributed by atoms with E-state index in [2.05, 4.69) is 20.0 Å². The third-order valence-electron chi connectivity index (χ3n) is 4.89. The van der Waals surface area contributed by atoms with Gasteiger partial charge in [-0.2, -0.15) is 0 Å². The summed E-state index contributed by atoms with van der Waals surface area (Å²) in [5.41, 5.74) is 1.19. The Morgan fingerprint density at radius 1 is 1.00 bits per heavy atom. The van der Waals surface area contributed by atoms with E-state index >= 15 is 0 Å². The second kappa shape index (κ2) is 9.72. The highest BCUT2D eigenvalue weighted by atomic mass is 35.5. The van der Waals surface area contributed by atoms with Gasteiger partial charge in [0.05, 0.1) is 17.2 Å². The number of benzene rings is 2. The van der Waals surface area contributed by atoms with Crippen LogP contribution in [-0.2, 0) is 19.6 Å². The Kier molecular flexibility index (Phi) is 6.72. The molecule has 4 rings (SSSR count). The monoisotopic (exact) mass is 513 g/mol. The van der Waals surface area contributed by atoms with Crippen molar-refractivity contribution < 1.29 is 22.7 Å². The molecule has 1 aliphatic rings. The summed E-state index contributed by atoms with van der Waals surface area (Å²) in [5, 5.41) is 2.53. The van der Waals surface area contributed by atoms with Gasteiger partial charge in [0.25, 0.3) is 21.8 Å². The topological polar surface area (TPSA) is 131 Å². The molecule has 0 atom stereocenters. The van der Waals surface area contributed by atoms with Gasteiger partial charge in [0.15, 0.2) is 0 Å². The molecule has 1 aromatic heterocycles. The Labute approximate surface area is 206 Å². The summed E-state index contributed by atoms with van der Waals surface area (Å²) in [6, 6.07) is 13.7. The van der Waals surface area contributed by atoms with E-state index in [4.69, 9.17) is 16.3 Å². The number of hydrogen-bond donors (Lipinski definition) is 2. The molecule has 180 valence electrons. The molecular formula is C23H20ClN5O5S.